The average molecular weight is 357 g/mol. The number of hydrogen-bond acceptors (Lipinski definition) is 3. The van der Waals surface area contributed by atoms with Crippen LogP contribution in [-0.4, -0.2) is 4.98 Å². The molecule has 0 bridgehead atoms. The summed E-state index contributed by atoms with van der Waals surface area (Å²) in [5.74, 6) is 0.690. The van der Waals surface area contributed by atoms with Gasteiger partial charge in [0.1, 0.15) is 12.4 Å². The molecule has 0 aliphatic carbocycles. The van der Waals surface area contributed by atoms with Crippen molar-refractivity contribution in [2.24, 2.45) is 0 Å². The standard InChI is InChI=1S/C20H19ClNOS/c1-20(2,3)19-18(24-13-22-19)15-9-10-17(16(21)11-15)23-12-14-7-5-4-6-8-14/h4-11H,12H2,1-3H3. The van der Waals surface area contributed by atoms with Crippen LogP contribution in [0.5, 0.6) is 5.75 Å². The van der Waals surface area contributed by atoms with E-state index in [2.05, 4.69) is 31.3 Å². The molecule has 1 radical (unpaired) electrons. The van der Waals surface area contributed by atoms with E-state index < -0.39 is 0 Å². The van der Waals surface area contributed by atoms with E-state index in [0.29, 0.717) is 17.4 Å². The van der Waals surface area contributed by atoms with Crippen LogP contribution in [0.15, 0.2) is 48.5 Å². The Morgan fingerprint density at radius 3 is 2.54 bits per heavy atom. The summed E-state index contributed by atoms with van der Waals surface area (Å²) in [6.07, 6.45) is 0. The van der Waals surface area contributed by atoms with Crippen molar-refractivity contribution < 1.29 is 4.74 Å². The Bertz CT molecular complexity index is 821. The maximum Gasteiger partial charge on any atom is 0.153 e. The smallest absolute Gasteiger partial charge is 0.153 e. The van der Waals surface area contributed by atoms with Crippen LogP contribution in [-0.2, 0) is 12.0 Å². The van der Waals surface area contributed by atoms with Crippen LogP contribution in [0, 0.1) is 5.51 Å². The van der Waals surface area contributed by atoms with Gasteiger partial charge in [-0.25, -0.2) is 4.98 Å². The Hall–Kier alpha value is -1.84. The van der Waals surface area contributed by atoms with Gasteiger partial charge in [0, 0.05) is 5.41 Å². The lowest BCUT2D eigenvalue weighted by Crippen LogP contribution is -2.12. The molecule has 0 unspecified atom stereocenters. The molecule has 0 fully saturated rings. The molecule has 2 aromatic carbocycles. The predicted octanol–water partition coefficient (Wildman–Crippen LogP) is 6.14. The van der Waals surface area contributed by atoms with E-state index in [4.69, 9.17) is 16.3 Å². The van der Waals surface area contributed by atoms with Crippen molar-refractivity contribution in [3.8, 4) is 16.2 Å². The first kappa shape index (κ1) is 17.0. The minimum Gasteiger partial charge on any atom is -0.487 e. The summed E-state index contributed by atoms with van der Waals surface area (Å²) in [6, 6.07) is 15.9. The molecule has 3 rings (SSSR count). The van der Waals surface area contributed by atoms with Crippen LogP contribution in [0.2, 0.25) is 5.02 Å². The molecule has 4 heteroatoms. The van der Waals surface area contributed by atoms with Crippen molar-refractivity contribution >= 4 is 22.9 Å². The third-order valence-corrected chi connectivity index (χ3v) is 4.77. The molecule has 0 amide bonds. The fraction of sp³-hybridized carbons (Fsp3) is 0.250. The molecule has 0 aliphatic rings. The van der Waals surface area contributed by atoms with Crippen molar-refractivity contribution in [3.05, 3.63) is 70.3 Å². The molecule has 24 heavy (non-hydrogen) atoms. The fourth-order valence-corrected chi connectivity index (χ4v) is 3.57. The quantitative estimate of drug-likeness (QED) is 0.560. The molecule has 0 saturated heterocycles. The van der Waals surface area contributed by atoms with E-state index >= 15 is 0 Å². The first-order valence-electron chi connectivity index (χ1n) is 7.79. The zero-order valence-corrected chi connectivity index (χ0v) is 15.5. The SMILES string of the molecule is CC(C)(C)c1n[c]sc1-c1ccc(OCc2ccccc2)c(Cl)c1. The second kappa shape index (κ2) is 6.96. The van der Waals surface area contributed by atoms with Crippen LogP contribution < -0.4 is 4.74 Å². The molecule has 0 atom stereocenters. The molecular weight excluding hydrogens is 338 g/mol. The second-order valence-corrected chi connectivity index (χ2v) is 7.85. The molecule has 3 aromatic rings. The summed E-state index contributed by atoms with van der Waals surface area (Å²) in [6.45, 7) is 6.95. The molecule has 0 spiro atoms. The lowest BCUT2D eigenvalue weighted by Gasteiger charge is -2.18. The predicted molar refractivity (Wildman–Crippen MR) is 101 cm³/mol. The lowest BCUT2D eigenvalue weighted by atomic mass is 9.90. The first-order chi connectivity index (χ1) is 11.4. The highest BCUT2D eigenvalue weighted by Gasteiger charge is 2.22. The molecule has 1 heterocycles. The van der Waals surface area contributed by atoms with Gasteiger partial charge in [0.25, 0.3) is 0 Å². The number of hydrogen-bond donors (Lipinski definition) is 0. The van der Waals surface area contributed by atoms with Crippen LogP contribution in [0.1, 0.15) is 32.0 Å². The third-order valence-electron chi connectivity index (χ3n) is 3.66. The average Bonchev–Trinajstić information content (AvgIpc) is 3.04. The monoisotopic (exact) mass is 356 g/mol. The lowest BCUT2D eigenvalue weighted by molar-refractivity contribution is 0.306. The van der Waals surface area contributed by atoms with E-state index in [1.54, 1.807) is 0 Å². The Morgan fingerprint density at radius 1 is 1.12 bits per heavy atom. The number of aromatic nitrogens is 1. The Labute approximate surface area is 152 Å². The molecule has 0 saturated carbocycles. The fourth-order valence-electron chi connectivity index (χ4n) is 2.41. The van der Waals surface area contributed by atoms with Crippen molar-refractivity contribution in [3.63, 3.8) is 0 Å². The Kier molecular flexibility index (Phi) is 4.93. The van der Waals surface area contributed by atoms with Crippen molar-refractivity contribution in [2.45, 2.75) is 32.8 Å². The molecule has 2 nitrogen and oxygen atoms in total. The van der Waals surface area contributed by atoms with E-state index in [1.807, 2.05) is 48.5 Å². The maximum absolute atomic E-state index is 6.43. The van der Waals surface area contributed by atoms with Crippen LogP contribution in [0.3, 0.4) is 0 Å². The van der Waals surface area contributed by atoms with Gasteiger partial charge in [0.15, 0.2) is 5.51 Å². The van der Waals surface area contributed by atoms with E-state index in [0.717, 1.165) is 21.7 Å². The van der Waals surface area contributed by atoms with Crippen LogP contribution >= 0.6 is 22.9 Å². The third kappa shape index (κ3) is 3.80. The number of ether oxygens (including phenoxy) is 1. The van der Waals surface area contributed by atoms with Gasteiger partial charge in [0.2, 0.25) is 0 Å². The normalized spacial score (nSPS) is 11.5. The highest BCUT2D eigenvalue weighted by Crippen LogP contribution is 2.38. The number of thiazole rings is 1. The summed E-state index contributed by atoms with van der Waals surface area (Å²) in [4.78, 5) is 5.52. The molecule has 0 aliphatic heterocycles. The summed E-state index contributed by atoms with van der Waals surface area (Å²) in [7, 11) is 0. The second-order valence-electron chi connectivity index (χ2n) is 6.65. The van der Waals surface area contributed by atoms with Crippen molar-refractivity contribution in [2.75, 3.05) is 0 Å². The maximum atomic E-state index is 6.43. The van der Waals surface area contributed by atoms with Gasteiger partial charge in [-0.05, 0) is 29.3 Å². The van der Waals surface area contributed by atoms with E-state index in [1.165, 1.54) is 11.3 Å². The summed E-state index contributed by atoms with van der Waals surface area (Å²) in [5, 5.41) is 0.608. The van der Waals surface area contributed by atoms with Crippen LogP contribution in [0.4, 0.5) is 0 Å². The van der Waals surface area contributed by atoms with Gasteiger partial charge in [-0.2, -0.15) is 0 Å². The number of benzene rings is 2. The molecule has 1 aromatic heterocycles. The van der Waals surface area contributed by atoms with Gasteiger partial charge in [-0.1, -0.05) is 62.7 Å². The molecule has 123 valence electrons. The summed E-state index contributed by atoms with van der Waals surface area (Å²) in [5.41, 5.74) is 6.18. The molecule has 0 N–H and O–H groups in total. The number of nitrogens with zero attached hydrogens (tertiary/aromatic N) is 1. The van der Waals surface area contributed by atoms with E-state index in [-0.39, 0.29) is 5.41 Å². The topological polar surface area (TPSA) is 22.1 Å². The highest BCUT2D eigenvalue weighted by molar-refractivity contribution is 7.13. The van der Waals surface area contributed by atoms with E-state index in [9.17, 15) is 0 Å². The largest absolute Gasteiger partial charge is 0.487 e. The summed E-state index contributed by atoms with van der Waals surface area (Å²) < 4.78 is 5.84. The minimum absolute atomic E-state index is 0.0270. The minimum atomic E-state index is -0.0270. The Morgan fingerprint density at radius 2 is 1.88 bits per heavy atom. The number of rotatable bonds is 4. The van der Waals surface area contributed by atoms with Gasteiger partial charge in [-0.15, -0.1) is 11.3 Å². The van der Waals surface area contributed by atoms with Crippen LogP contribution in [0.25, 0.3) is 10.4 Å². The zero-order chi connectivity index (χ0) is 17.2. The first-order valence-corrected chi connectivity index (χ1v) is 8.98. The molecular formula is C20H19ClNOS. The van der Waals surface area contributed by atoms with Gasteiger partial charge >= 0.3 is 0 Å². The Balaban J connectivity index is 1.82. The zero-order valence-electron chi connectivity index (χ0n) is 14.0. The summed E-state index contributed by atoms with van der Waals surface area (Å²) >= 11 is 7.95. The van der Waals surface area contributed by atoms with Gasteiger partial charge < -0.3 is 4.74 Å². The van der Waals surface area contributed by atoms with Gasteiger partial charge in [0.05, 0.1) is 15.6 Å². The van der Waals surface area contributed by atoms with Crippen molar-refractivity contribution in [1.29, 1.82) is 0 Å². The number of halogens is 1. The highest BCUT2D eigenvalue weighted by atomic mass is 35.5. The van der Waals surface area contributed by atoms with Gasteiger partial charge in [-0.3, -0.25) is 0 Å². The van der Waals surface area contributed by atoms with Crippen molar-refractivity contribution in [1.82, 2.24) is 4.98 Å².